The fraction of sp³-hybridized carbons (Fsp3) is 0.161. The summed E-state index contributed by atoms with van der Waals surface area (Å²) in [6, 6.07) is 58.0. The van der Waals surface area contributed by atoms with E-state index in [4.69, 9.17) is 0 Å². The molecule has 7 aromatic carbocycles. The summed E-state index contributed by atoms with van der Waals surface area (Å²) in [7, 11) is 0. The van der Waals surface area contributed by atoms with E-state index < -0.39 is 0 Å². The average molecular weight is 820 g/mol. The molecule has 63 heavy (non-hydrogen) atoms. The van der Waals surface area contributed by atoms with Crippen LogP contribution in [-0.2, 0) is 6.42 Å². The van der Waals surface area contributed by atoms with Crippen molar-refractivity contribution in [1.29, 1.82) is 0 Å². The zero-order valence-corrected chi connectivity index (χ0v) is 38.5. The maximum absolute atomic E-state index is 4.14. The first-order valence-electron chi connectivity index (χ1n) is 22.6. The molecule has 0 aromatic heterocycles. The van der Waals surface area contributed by atoms with Gasteiger partial charge in [-0.3, -0.25) is 0 Å². The van der Waals surface area contributed by atoms with Gasteiger partial charge in [0.25, 0.3) is 0 Å². The van der Waals surface area contributed by atoms with Crippen molar-refractivity contribution in [2.45, 2.75) is 68.2 Å². The zero-order chi connectivity index (χ0) is 44.5. The first-order valence-corrected chi connectivity index (χ1v) is 22.6. The van der Waals surface area contributed by atoms with Crippen LogP contribution < -0.4 is 4.90 Å². The Morgan fingerprint density at radius 2 is 1.11 bits per heavy atom. The van der Waals surface area contributed by atoms with Crippen molar-refractivity contribution in [3.8, 4) is 44.5 Å². The van der Waals surface area contributed by atoms with Gasteiger partial charge >= 0.3 is 0 Å². The van der Waals surface area contributed by atoms with Crippen LogP contribution in [0, 0.1) is 13.8 Å². The minimum Gasteiger partial charge on any atom is -0.311 e. The predicted molar refractivity (Wildman–Crippen MR) is 277 cm³/mol. The Bertz CT molecular complexity index is 2820. The fourth-order valence-electron chi connectivity index (χ4n) is 9.28. The molecular weight excluding hydrogens is 759 g/mol. The molecule has 0 heterocycles. The lowest BCUT2D eigenvalue weighted by Crippen LogP contribution is -2.10. The van der Waals surface area contributed by atoms with Crippen molar-refractivity contribution in [2.24, 2.45) is 0 Å². The molecule has 0 bridgehead atoms. The van der Waals surface area contributed by atoms with Crippen LogP contribution in [-0.4, -0.2) is 0 Å². The molecule has 0 fully saturated rings. The molecule has 0 saturated carbocycles. The van der Waals surface area contributed by atoms with E-state index in [2.05, 4.69) is 235 Å². The molecular formula is C62H61N. The summed E-state index contributed by atoms with van der Waals surface area (Å²) in [5, 5.41) is 0. The van der Waals surface area contributed by atoms with Gasteiger partial charge in [-0.2, -0.15) is 0 Å². The molecule has 0 saturated heterocycles. The number of hydrogen-bond acceptors (Lipinski definition) is 1. The van der Waals surface area contributed by atoms with Crippen molar-refractivity contribution in [2.75, 3.05) is 4.90 Å². The van der Waals surface area contributed by atoms with Gasteiger partial charge in [0.05, 0.1) is 0 Å². The van der Waals surface area contributed by atoms with E-state index in [9.17, 15) is 0 Å². The quantitative estimate of drug-likeness (QED) is 0.111. The highest BCUT2D eigenvalue weighted by molar-refractivity contribution is 5.93. The normalized spacial score (nSPS) is 12.6. The molecule has 0 spiro atoms. The minimum atomic E-state index is 0.892. The Hall–Kier alpha value is -6.96. The number of aryl methyl sites for hydroxylation is 1. The lowest BCUT2D eigenvalue weighted by Gasteiger charge is -2.26. The van der Waals surface area contributed by atoms with E-state index in [-0.39, 0.29) is 0 Å². The van der Waals surface area contributed by atoms with Gasteiger partial charge < -0.3 is 4.90 Å². The van der Waals surface area contributed by atoms with E-state index >= 15 is 0 Å². The second-order valence-electron chi connectivity index (χ2n) is 16.0. The highest BCUT2D eigenvalue weighted by Crippen LogP contribution is 2.44. The maximum Gasteiger partial charge on any atom is 0.0462 e. The Balaban J connectivity index is 0.00000293. The van der Waals surface area contributed by atoms with Gasteiger partial charge in [-0.25, -0.2) is 0 Å². The first kappa shape index (κ1) is 44.1. The smallest absolute Gasteiger partial charge is 0.0462 e. The van der Waals surface area contributed by atoms with Gasteiger partial charge in [-0.05, 0) is 178 Å². The number of fused-ring (bicyclic) bond motifs is 1. The third-order valence-electron chi connectivity index (χ3n) is 12.3. The van der Waals surface area contributed by atoms with Crippen molar-refractivity contribution in [3.05, 3.63) is 234 Å². The van der Waals surface area contributed by atoms with E-state index in [1.54, 1.807) is 0 Å². The second kappa shape index (κ2) is 20.3. The Morgan fingerprint density at radius 1 is 0.571 bits per heavy atom. The molecule has 8 rings (SSSR count). The Labute approximate surface area is 377 Å². The molecule has 1 nitrogen and oxygen atoms in total. The monoisotopic (exact) mass is 819 g/mol. The summed E-state index contributed by atoms with van der Waals surface area (Å²) in [6.45, 7) is 21.3. The third kappa shape index (κ3) is 9.02. The molecule has 7 aromatic rings. The number of hydrogen-bond donors (Lipinski definition) is 0. The topological polar surface area (TPSA) is 3.24 Å². The molecule has 0 N–H and O–H groups in total. The Morgan fingerprint density at radius 3 is 1.68 bits per heavy atom. The number of rotatable bonds is 12. The van der Waals surface area contributed by atoms with Crippen LogP contribution in [0.2, 0.25) is 0 Å². The van der Waals surface area contributed by atoms with Crippen LogP contribution in [0.5, 0.6) is 0 Å². The lowest BCUT2D eigenvalue weighted by atomic mass is 9.83. The molecule has 0 aliphatic heterocycles. The molecule has 0 radical (unpaired) electrons. The van der Waals surface area contributed by atoms with Crippen molar-refractivity contribution >= 4 is 28.2 Å². The molecule has 0 amide bonds. The van der Waals surface area contributed by atoms with E-state index in [0.717, 1.165) is 29.9 Å². The molecule has 1 aliphatic rings. The first-order chi connectivity index (χ1) is 30.8. The fourth-order valence-corrected chi connectivity index (χ4v) is 9.28. The molecule has 1 heteroatoms. The lowest BCUT2D eigenvalue weighted by molar-refractivity contribution is 1.20. The molecule has 0 atom stereocenters. The van der Waals surface area contributed by atoms with E-state index in [0.29, 0.717) is 0 Å². The zero-order valence-electron chi connectivity index (χ0n) is 38.5. The largest absolute Gasteiger partial charge is 0.311 e. The Kier molecular flexibility index (Phi) is 14.2. The van der Waals surface area contributed by atoms with Gasteiger partial charge in [0, 0.05) is 17.1 Å². The molecule has 1 aliphatic carbocycles. The minimum absolute atomic E-state index is 0.892. The number of nitrogens with zero attached hydrogens (tertiary/aromatic N) is 1. The van der Waals surface area contributed by atoms with Crippen LogP contribution in [0.3, 0.4) is 0 Å². The van der Waals surface area contributed by atoms with Crippen molar-refractivity contribution in [3.63, 3.8) is 0 Å². The summed E-state index contributed by atoms with van der Waals surface area (Å²) >= 11 is 0. The molecule has 314 valence electrons. The van der Waals surface area contributed by atoms with Gasteiger partial charge in [0.2, 0.25) is 0 Å². The van der Waals surface area contributed by atoms with Crippen LogP contribution in [0.15, 0.2) is 206 Å². The van der Waals surface area contributed by atoms with Gasteiger partial charge in [0.1, 0.15) is 0 Å². The second-order valence-corrected chi connectivity index (χ2v) is 16.0. The van der Waals surface area contributed by atoms with Crippen LogP contribution in [0.4, 0.5) is 17.1 Å². The molecule has 0 unspecified atom stereocenters. The number of allylic oxidation sites excluding steroid dienone is 9. The van der Waals surface area contributed by atoms with Gasteiger partial charge in [0.15, 0.2) is 0 Å². The van der Waals surface area contributed by atoms with Crippen LogP contribution >= 0.6 is 0 Å². The standard InChI is InChI=1S/C60H55N.C2H6/c1-8-18-41(5)52(11-4)54-38-39-57(60(43(54)7)53-23-16-15-20-42(53)6)48-30-36-51(37-31-48)61(49-32-26-46(27-33-49)45-21-13-12-14-22-45)50-34-28-47(29-35-50)56-24-17-25-58-55(19-9-2)44(10-3)40-59(56)58;1-2/h8-10,12-39H,3,11,40H2,1-2,4-7H3;1-2H3/b18-8-,19-9-,52-41+;. The summed E-state index contributed by atoms with van der Waals surface area (Å²) in [4.78, 5) is 2.37. The highest BCUT2D eigenvalue weighted by atomic mass is 15.1. The number of benzene rings is 7. The van der Waals surface area contributed by atoms with Gasteiger partial charge in [-0.15, -0.1) is 0 Å². The van der Waals surface area contributed by atoms with Crippen molar-refractivity contribution in [1.82, 2.24) is 0 Å². The van der Waals surface area contributed by atoms with Crippen molar-refractivity contribution < 1.29 is 0 Å². The number of anilines is 3. The van der Waals surface area contributed by atoms with Gasteiger partial charge in [-0.1, -0.05) is 179 Å². The maximum atomic E-state index is 4.14. The van der Waals surface area contributed by atoms with E-state index in [1.807, 2.05) is 19.9 Å². The summed E-state index contributed by atoms with van der Waals surface area (Å²) in [5.74, 6) is 0. The summed E-state index contributed by atoms with van der Waals surface area (Å²) in [6.07, 6.45) is 12.6. The van der Waals surface area contributed by atoms with Crippen LogP contribution in [0.25, 0.3) is 55.7 Å². The predicted octanol–water partition coefficient (Wildman–Crippen LogP) is 18.3. The average Bonchev–Trinajstić information content (AvgIpc) is 3.69. The summed E-state index contributed by atoms with van der Waals surface area (Å²) < 4.78 is 0. The van der Waals surface area contributed by atoms with Crippen LogP contribution in [0.1, 0.15) is 75.8 Å². The third-order valence-corrected chi connectivity index (χ3v) is 12.3. The highest BCUT2D eigenvalue weighted by Gasteiger charge is 2.23. The SMILES string of the molecule is C=CC1=C(/C=C\C)c2cccc(-c3ccc(N(c4ccc(-c5ccccc5)cc4)c4ccc(-c5ccc(/C(CC)=C(C)/C=C\C)c(C)c5-c5ccccc5C)cc4)cc3)c2C1.CC. The summed E-state index contributed by atoms with van der Waals surface area (Å²) in [5.41, 5.74) is 25.1. The van der Waals surface area contributed by atoms with E-state index in [1.165, 1.54) is 94.6 Å².